The summed E-state index contributed by atoms with van der Waals surface area (Å²) < 4.78 is 0. The summed E-state index contributed by atoms with van der Waals surface area (Å²) >= 11 is 0. The summed E-state index contributed by atoms with van der Waals surface area (Å²) in [7, 11) is 0. The van der Waals surface area contributed by atoms with Gasteiger partial charge in [-0.25, -0.2) is 0 Å². The summed E-state index contributed by atoms with van der Waals surface area (Å²) in [6.07, 6.45) is 1.32. The largest absolute Gasteiger partial charge is 0.370 e. The molecule has 0 aromatic heterocycles. The van der Waals surface area contributed by atoms with Gasteiger partial charge in [0.15, 0.2) is 0 Å². The van der Waals surface area contributed by atoms with E-state index in [4.69, 9.17) is 5.73 Å². The lowest BCUT2D eigenvalue weighted by Crippen LogP contribution is -2.34. The Morgan fingerprint density at radius 3 is 2.29 bits per heavy atom. The third-order valence-corrected chi connectivity index (χ3v) is 2.32. The first-order valence-corrected chi connectivity index (χ1v) is 4.92. The van der Waals surface area contributed by atoms with Gasteiger partial charge in [0.2, 0.25) is 11.8 Å². The quantitative estimate of drug-likeness (QED) is 0.665. The first-order chi connectivity index (χ1) is 6.37. The fourth-order valence-corrected chi connectivity index (χ4v) is 0.788. The average molecular weight is 200 g/mol. The molecule has 0 fully saturated rings. The van der Waals surface area contributed by atoms with Crippen molar-refractivity contribution in [1.29, 1.82) is 0 Å². The molecule has 0 radical (unpaired) electrons. The van der Waals surface area contributed by atoms with Crippen molar-refractivity contribution in [2.24, 2.45) is 11.1 Å². The highest BCUT2D eigenvalue weighted by atomic mass is 16.2. The van der Waals surface area contributed by atoms with Crippen LogP contribution >= 0.6 is 0 Å². The normalized spacial score (nSPS) is 11.1. The molecule has 0 aromatic rings. The van der Waals surface area contributed by atoms with Crippen molar-refractivity contribution in [3.63, 3.8) is 0 Å². The van der Waals surface area contributed by atoms with Crippen LogP contribution in [0.25, 0.3) is 0 Å². The van der Waals surface area contributed by atoms with Crippen molar-refractivity contribution < 1.29 is 9.59 Å². The molecule has 3 N–H and O–H groups in total. The first kappa shape index (κ1) is 12.9. The molecule has 0 rings (SSSR count). The second-order valence-corrected chi connectivity index (χ2v) is 4.26. The Morgan fingerprint density at radius 2 is 1.86 bits per heavy atom. The van der Waals surface area contributed by atoms with Crippen LogP contribution in [0.1, 0.15) is 40.0 Å². The van der Waals surface area contributed by atoms with Crippen molar-refractivity contribution in [2.45, 2.75) is 40.0 Å². The fraction of sp³-hybridized carbons (Fsp3) is 0.800. The fourth-order valence-electron chi connectivity index (χ4n) is 0.788. The molecular weight excluding hydrogens is 180 g/mol. The SMILES string of the molecule is CCC(C)(C)CNC(=O)CCC(N)=O. The number of nitrogens with one attached hydrogen (secondary N) is 1. The molecule has 0 spiro atoms. The maximum absolute atomic E-state index is 11.2. The second-order valence-electron chi connectivity index (χ2n) is 4.26. The van der Waals surface area contributed by atoms with Gasteiger partial charge in [0, 0.05) is 19.4 Å². The number of hydrogen-bond donors (Lipinski definition) is 2. The van der Waals surface area contributed by atoms with Crippen LogP contribution in [-0.2, 0) is 9.59 Å². The van der Waals surface area contributed by atoms with Crippen LogP contribution in [-0.4, -0.2) is 18.4 Å². The van der Waals surface area contributed by atoms with Crippen LogP contribution in [0.5, 0.6) is 0 Å². The zero-order chi connectivity index (χ0) is 11.2. The molecule has 0 heterocycles. The van der Waals surface area contributed by atoms with E-state index in [1.54, 1.807) is 0 Å². The Labute approximate surface area is 85.2 Å². The predicted octanol–water partition coefficient (Wildman–Crippen LogP) is 0.804. The minimum absolute atomic E-state index is 0.106. The number of carbonyl (C=O) groups excluding carboxylic acids is 2. The molecule has 0 atom stereocenters. The number of nitrogens with two attached hydrogens (primary N) is 1. The molecule has 14 heavy (non-hydrogen) atoms. The van der Waals surface area contributed by atoms with Crippen LogP contribution in [0.4, 0.5) is 0 Å². The van der Waals surface area contributed by atoms with Crippen LogP contribution < -0.4 is 11.1 Å². The van der Waals surface area contributed by atoms with Gasteiger partial charge in [-0.15, -0.1) is 0 Å². The predicted molar refractivity (Wildman–Crippen MR) is 55.5 cm³/mol. The Balaban J connectivity index is 3.69. The van der Waals surface area contributed by atoms with Gasteiger partial charge in [0.25, 0.3) is 0 Å². The molecule has 0 aliphatic rings. The van der Waals surface area contributed by atoms with Crippen molar-refractivity contribution in [3.05, 3.63) is 0 Å². The van der Waals surface area contributed by atoms with Gasteiger partial charge in [-0.3, -0.25) is 9.59 Å². The Morgan fingerprint density at radius 1 is 1.29 bits per heavy atom. The number of primary amides is 1. The van der Waals surface area contributed by atoms with Gasteiger partial charge < -0.3 is 11.1 Å². The molecule has 4 nitrogen and oxygen atoms in total. The number of carbonyl (C=O) groups is 2. The highest BCUT2D eigenvalue weighted by Gasteiger charge is 2.15. The summed E-state index contributed by atoms with van der Waals surface area (Å²) in [6.45, 7) is 6.89. The maximum Gasteiger partial charge on any atom is 0.220 e. The van der Waals surface area contributed by atoms with E-state index >= 15 is 0 Å². The first-order valence-electron chi connectivity index (χ1n) is 4.92. The van der Waals surface area contributed by atoms with Crippen molar-refractivity contribution in [2.75, 3.05) is 6.54 Å². The van der Waals surface area contributed by atoms with Crippen LogP contribution in [0, 0.1) is 5.41 Å². The van der Waals surface area contributed by atoms with E-state index in [-0.39, 0.29) is 24.2 Å². The van der Waals surface area contributed by atoms with E-state index < -0.39 is 5.91 Å². The number of rotatable bonds is 6. The Bertz CT molecular complexity index is 212. The van der Waals surface area contributed by atoms with Gasteiger partial charge in [-0.05, 0) is 11.8 Å². The van der Waals surface area contributed by atoms with Gasteiger partial charge in [-0.1, -0.05) is 20.8 Å². The maximum atomic E-state index is 11.2. The number of amides is 2. The van der Waals surface area contributed by atoms with E-state index in [2.05, 4.69) is 26.1 Å². The van der Waals surface area contributed by atoms with E-state index in [0.29, 0.717) is 6.54 Å². The smallest absolute Gasteiger partial charge is 0.220 e. The second kappa shape index (κ2) is 5.62. The standard InChI is InChI=1S/C10H20N2O2/c1-4-10(2,3)7-12-9(14)6-5-8(11)13/h4-7H2,1-3H3,(H2,11,13)(H,12,14). The molecule has 82 valence electrons. The highest BCUT2D eigenvalue weighted by Crippen LogP contribution is 2.17. The molecule has 0 unspecified atom stereocenters. The lowest BCUT2D eigenvalue weighted by atomic mass is 9.90. The van der Waals surface area contributed by atoms with Crippen molar-refractivity contribution >= 4 is 11.8 Å². The van der Waals surface area contributed by atoms with E-state index in [9.17, 15) is 9.59 Å². The Hall–Kier alpha value is -1.06. The lowest BCUT2D eigenvalue weighted by Gasteiger charge is -2.22. The summed E-state index contributed by atoms with van der Waals surface area (Å²) in [4.78, 5) is 21.6. The summed E-state index contributed by atoms with van der Waals surface area (Å²) in [5, 5.41) is 2.78. The summed E-state index contributed by atoms with van der Waals surface area (Å²) in [5.41, 5.74) is 5.04. The molecule has 0 aliphatic heterocycles. The molecule has 0 bridgehead atoms. The minimum atomic E-state index is -0.435. The van der Waals surface area contributed by atoms with E-state index in [0.717, 1.165) is 6.42 Å². The van der Waals surface area contributed by atoms with Gasteiger partial charge in [0.05, 0.1) is 0 Å². The lowest BCUT2D eigenvalue weighted by molar-refractivity contribution is -0.125. The molecule has 4 heteroatoms. The van der Waals surface area contributed by atoms with Crippen LogP contribution in [0.2, 0.25) is 0 Å². The van der Waals surface area contributed by atoms with Crippen molar-refractivity contribution in [3.8, 4) is 0 Å². The third kappa shape index (κ3) is 6.46. The molecule has 2 amide bonds. The van der Waals surface area contributed by atoms with Crippen molar-refractivity contribution in [1.82, 2.24) is 5.32 Å². The topological polar surface area (TPSA) is 72.2 Å². The minimum Gasteiger partial charge on any atom is -0.370 e. The Kier molecular flexibility index (Phi) is 5.20. The number of hydrogen-bond acceptors (Lipinski definition) is 2. The zero-order valence-corrected chi connectivity index (χ0v) is 9.22. The van der Waals surface area contributed by atoms with Gasteiger partial charge in [0.1, 0.15) is 0 Å². The molecule has 0 saturated heterocycles. The summed E-state index contributed by atoms with van der Waals surface area (Å²) in [5.74, 6) is -0.541. The van der Waals surface area contributed by atoms with Crippen LogP contribution in [0.15, 0.2) is 0 Å². The van der Waals surface area contributed by atoms with E-state index in [1.165, 1.54) is 0 Å². The summed E-state index contributed by atoms with van der Waals surface area (Å²) in [6, 6.07) is 0. The van der Waals surface area contributed by atoms with Crippen LogP contribution in [0.3, 0.4) is 0 Å². The highest BCUT2D eigenvalue weighted by molar-refractivity contribution is 5.82. The van der Waals surface area contributed by atoms with Gasteiger partial charge in [-0.2, -0.15) is 0 Å². The molecule has 0 aliphatic carbocycles. The molecule has 0 aromatic carbocycles. The molecular formula is C10H20N2O2. The third-order valence-electron chi connectivity index (χ3n) is 2.32. The zero-order valence-electron chi connectivity index (χ0n) is 9.22. The molecule has 0 saturated carbocycles. The van der Waals surface area contributed by atoms with E-state index in [1.807, 2.05) is 0 Å². The monoisotopic (exact) mass is 200 g/mol. The van der Waals surface area contributed by atoms with Gasteiger partial charge >= 0.3 is 0 Å². The average Bonchev–Trinajstić information content (AvgIpc) is 2.11.